The first-order valence-electron chi connectivity index (χ1n) is 12.5. The number of nitrogens with zero attached hydrogens (tertiary/aromatic N) is 2. The summed E-state index contributed by atoms with van der Waals surface area (Å²) in [6.07, 6.45) is 1.16. The molecule has 4 aromatic rings. The molecule has 6 nitrogen and oxygen atoms in total. The number of hydrogen-bond acceptors (Lipinski definition) is 4. The zero-order valence-electron chi connectivity index (χ0n) is 21.2. The normalized spacial score (nSPS) is 13.8. The number of carbonyl (C=O) groups excluding carboxylic acids is 1. The molecule has 1 N–H and O–H groups in total. The number of benzene rings is 3. The number of ether oxygens (including phenoxy) is 2. The second-order valence-corrected chi connectivity index (χ2v) is 9.30. The number of nitrogens with one attached hydrogen (secondary N) is 1. The summed E-state index contributed by atoms with van der Waals surface area (Å²) < 4.78 is 11.0. The zero-order valence-corrected chi connectivity index (χ0v) is 21.2. The van der Waals surface area contributed by atoms with Gasteiger partial charge in [-0.3, -0.25) is 4.79 Å². The molecule has 6 heteroatoms. The van der Waals surface area contributed by atoms with E-state index in [1.165, 1.54) is 16.5 Å². The third-order valence-electron chi connectivity index (χ3n) is 7.07. The van der Waals surface area contributed by atoms with Crippen LogP contribution in [0.15, 0.2) is 66.7 Å². The Morgan fingerprint density at radius 1 is 0.917 bits per heavy atom. The van der Waals surface area contributed by atoms with Crippen molar-refractivity contribution in [3.63, 3.8) is 0 Å². The van der Waals surface area contributed by atoms with Gasteiger partial charge in [-0.25, -0.2) is 0 Å². The van der Waals surface area contributed by atoms with Crippen molar-refractivity contribution in [2.24, 2.45) is 0 Å². The van der Waals surface area contributed by atoms with Crippen LogP contribution in [0.5, 0.6) is 11.5 Å². The maximum absolute atomic E-state index is 13.3. The summed E-state index contributed by atoms with van der Waals surface area (Å²) >= 11 is 0. The Balaban J connectivity index is 1.32. The average Bonchev–Trinajstić information content (AvgIpc) is 3.29. The summed E-state index contributed by atoms with van der Waals surface area (Å²) in [5, 5.41) is 1.18. The number of piperazine rings is 1. The number of hydrogen-bond donors (Lipinski definition) is 1. The lowest BCUT2D eigenvalue weighted by Crippen LogP contribution is -2.48. The van der Waals surface area contributed by atoms with Crippen LogP contribution in [-0.2, 0) is 11.2 Å². The Labute approximate surface area is 212 Å². The maximum atomic E-state index is 13.3. The van der Waals surface area contributed by atoms with Crippen molar-refractivity contribution in [3.05, 3.63) is 77.9 Å². The van der Waals surface area contributed by atoms with Crippen LogP contribution >= 0.6 is 0 Å². The Morgan fingerprint density at radius 2 is 1.72 bits per heavy atom. The van der Waals surface area contributed by atoms with Crippen LogP contribution in [0.2, 0.25) is 0 Å². The van der Waals surface area contributed by atoms with E-state index in [9.17, 15) is 4.79 Å². The Bertz CT molecular complexity index is 1370. The number of rotatable bonds is 7. The second kappa shape index (κ2) is 10.4. The Hall–Kier alpha value is -3.93. The van der Waals surface area contributed by atoms with Gasteiger partial charge >= 0.3 is 0 Å². The van der Waals surface area contributed by atoms with Crippen LogP contribution in [0.4, 0.5) is 5.69 Å². The lowest BCUT2D eigenvalue weighted by atomic mass is 9.99. The molecule has 3 aromatic carbocycles. The number of amides is 1. The molecule has 5 rings (SSSR count). The highest BCUT2D eigenvalue weighted by molar-refractivity contribution is 5.92. The van der Waals surface area contributed by atoms with E-state index < -0.39 is 0 Å². The van der Waals surface area contributed by atoms with Gasteiger partial charge in [0, 0.05) is 54.8 Å². The van der Waals surface area contributed by atoms with Crippen molar-refractivity contribution >= 4 is 22.5 Å². The number of carbonyl (C=O) groups is 1. The highest BCUT2D eigenvalue weighted by Crippen LogP contribution is 2.34. The van der Waals surface area contributed by atoms with E-state index >= 15 is 0 Å². The van der Waals surface area contributed by atoms with Gasteiger partial charge < -0.3 is 24.3 Å². The lowest BCUT2D eigenvalue weighted by Gasteiger charge is -2.36. The van der Waals surface area contributed by atoms with Gasteiger partial charge in [0.1, 0.15) is 11.5 Å². The Kier molecular flexibility index (Phi) is 6.85. The fraction of sp³-hybridized carbons (Fsp3) is 0.300. The molecule has 0 unspecified atom stereocenters. The average molecular weight is 484 g/mol. The van der Waals surface area contributed by atoms with Gasteiger partial charge in [0.05, 0.1) is 19.9 Å². The number of aromatic nitrogens is 1. The molecule has 0 bridgehead atoms. The van der Waals surface area contributed by atoms with Crippen LogP contribution in [0.25, 0.3) is 22.2 Å². The van der Waals surface area contributed by atoms with Crippen LogP contribution < -0.4 is 14.4 Å². The quantitative estimate of drug-likeness (QED) is 0.380. The molecule has 0 atom stereocenters. The third-order valence-corrected chi connectivity index (χ3v) is 7.07. The summed E-state index contributed by atoms with van der Waals surface area (Å²) in [5.41, 5.74) is 6.69. The van der Waals surface area contributed by atoms with E-state index in [1.54, 1.807) is 14.2 Å². The first kappa shape index (κ1) is 23.8. The molecular weight excluding hydrogens is 450 g/mol. The molecule has 0 saturated carbocycles. The smallest absolute Gasteiger partial charge is 0.223 e. The van der Waals surface area contributed by atoms with E-state index in [0.717, 1.165) is 47.1 Å². The van der Waals surface area contributed by atoms with Crippen molar-refractivity contribution < 1.29 is 14.3 Å². The highest BCUT2D eigenvalue weighted by atomic mass is 16.5. The van der Waals surface area contributed by atoms with Gasteiger partial charge in [-0.2, -0.15) is 0 Å². The first-order valence-corrected chi connectivity index (χ1v) is 12.5. The summed E-state index contributed by atoms with van der Waals surface area (Å²) in [7, 11) is 3.38. The first-order chi connectivity index (χ1) is 17.6. The van der Waals surface area contributed by atoms with Crippen molar-refractivity contribution in [1.29, 1.82) is 0 Å². The van der Waals surface area contributed by atoms with Gasteiger partial charge in [-0.05, 0) is 55.3 Å². The van der Waals surface area contributed by atoms with Crippen molar-refractivity contribution in [1.82, 2.24) is 9.88 Å². The maximum Gasteiger partial charge on any atom is 0.223 e. The molecule has 36 heavy (non-hydrogen) atoms. The fourth-order valence-electron chi connectivity index (χ4n) is 5.12. The van der Waals surface area contributed by atoms with Crippen molar-refractivity contribution in [2.45, 2.75) is 19.8 Å². The minimum absolute atomic E-state index is 0.202. The summed E-state index contributed by atoms with van der Waals surface area (Å²) in [6.45, 7) is 5.13. The number of anilines is 1. The van der Waals surface area contributed by atoms with Gasteiger partial charge in [0.15, 0.2) is 0 Å². The number of fused-ring (bicyclic) bond motifs is 1. The van der Waals surface area contributed by atoms with E-state index in [-0.39, 0.29) is 5.91 Å². The lowest BCUT2D eigenvalue weighted by molar-refractivity contribution is -0.131. The Morgan fingerprint density at radius 3 is 2.50 bits per heavy atom. The predicted molar refractivity (Wildman–Crippen MR) is 145 cm³/mol. The number of methoxy groups -OCH3 is 2. The molecule has 1 aliphatic heterocycles. The summed E-state index contributed by atoms with van der Waals surface area (Å²) in [4.78, 5) is 21.2. The van der Waals surface area contributed by atoms with Crippen LogP contribution in [0.1, 0.15) is 17.5 Å². The molecule has 1 fully saturated rings. The van der Waals surface area contributed by atoms with Crippen LogP contribution in [0.3, 0.4) is 0 Å². The van der Waals surface area contributed by atoms with Crippen LogP contribution in [0, 0.1) is 6.92 Å². The van der Waals surface area contributed by atoms with E-state index in [4.69, 9.17) is 9.47 Å². The third kappa shape index (κ3) is 4.76. The highest BCUT2D eigenvalue weighted by Gasteiger charge is 2.23. The number of H-pyrrole nitrogens is 1. The van der Waals surface area contributed by atoms with Gasteiger partial charge in [0.2, 0.25) is 5.91 Å². The van der Waals surface area contributed by atoms with Crippen LogP contribution in [-0.4, -0.2) is 56.2 Å². The molecule has 2 heterocycles. The number of aromatic amines is 1. The van der Waals surface area contributed by atoms with Gasteiger partial charge in [0.25, 0.3) is 0 Å². The molecule has 1 saturated heterocycles. The monoisotopic (exact) mass is 483 g/mol. The van der Waals surface area contributed by atoms with Gasteiger partial charge in [-0.15, -0.1) is 0 Å². The van der Waals surface area contributed by atoms with E-state index in [2.05, 4.69) is 47.1 Å². The molecule has 1 amide bonds. The minimum Gasteiger partial charge on any atom is -0.497 e. The molecule has 1 aliphatic rings. The zero-order chi connectivity index (χ0) is 25.1. The molecule has 0 radical (unpaired) electrons. The molecule has 0 aliphatic carbocycles. The number of aryl methyl sites for hydroxylation is 2. The summed E-state index contributed by atoms with van der Waals surface area (Å²) in [5.74, 6) is 1.89. The largest absolute Gasteiger partial charge is 0.497 e. The predicted octanol–water partition coefficient (Wildman–Crippen LogP) is 5.44. The number of para-hydroxylation sites is 2. The fourth-order valence-corrected chi connectivity index (χ4v) is 5.12. The molecule has 186 valence electrons. The second-order valence-electron chi connectivity index (χ2n) is 9.30. The standard InChI is InChI=1S/C30H33N3O3/c1-21-11-13-26-25(19-21)24(30(31-26)22-7-6-8-23(20-22)35-2)12-14-29(34)33-17-15-32(16-18-33)27-9-4-5-10-28(27)36-3/h4-11,13,19-20,31H,12,14-18H2,1-3H3. The minimum atomic E-state index is 0.202. The van der Waals surface area contributed by atoms with E-state index in [0.29, 0.717) is 25.9 Å². The van der Waals surface area contributed by atoms with Gasteiger partial charge in [-0.1, -0.05) is 35.9 Å². The van der Waals surface area contributed by atoms with Crippen molar-refractivity contribution in [2.75, 3.05) is 45.3 Å². The summed E-state index contributed by atoms with van der Waals surface area (Å²) in [6, 6.07) is 22.6. The topological polar surface area (TPSA) is 57.8 Å². The molecule has 1 aromatic heterocycles. The van der Waals surface area contributed by atoms with E-state index in [1.807, 2.05) is 41.3 Å². The van der Waals surface area contributed by atoms with Crippen molar-refractivity contribution in [3.8, 4) is 22.8 Å². The molecular formula is C30H33N3O3. The molecule has 0 spiro atoms. The SMILES string of the molecule is COc1cccc(-c2[nH]c3ccc(C)cc3c2CCC(=O)N2CCN(c3ccccc3OC)CC2)c1.